The Morgan fingerprint density at radius 1 is 1.16 bits per heavy atom. The van der Waals surface area contributed by atoms with Crippen molar-refractivity contribution in [2.45, 2.75) is 32.7 Å². The Hall–Kier alpha value is -2.35. The SMILES string of the molecule is CC(=O)C(C(C)=O)[C@@H](C1=C(C)[C@H]([N+](=O)[O-])CS1(=O)=O)c1ccccc1. The number of hydrogen-bond acceptors (Lipinski definition) is 6. The Balaban J connectivity index is 2.77. The smallest absolute Gasteiger partial charge is 0.249 e. The van der Waals surface area contributed by atoms with E-state index in [1.165, 1.54) is 20.8 Å². The molecule has 2 rings (SSSR count). The number of Topliss-reactive ketones (excluding diaryl/α,β-unsaturated/α-hetero) is 2. The summed E-state index contributed by atoms with van der Waals surface area (Å²) < 4.78 is 25.3. The van der Waals surface area contributed by atoms with E-state index >= 15 is 0 Å². The zero-order chi connectivity index (χ0) is 18.9. The lowest BCUT2D eigenvalue weighted by molar-refractivity contribution is -0.505. The summed E-state index contributed by atoms with van der Waals surface area (Å²) in [7, 11) is -3.96. The first-order valence-corrected chi connectivity index (χ1v) is 9.36. The maximum atomic E-state index is 12.7. The van der Waals surface area contributed by atoms with Gasteiger partial charge in [0.05, 0.1) is 10.8 Å². The van der Waals surface area contributed by atoms with E-state index in [4.69, 9.17) is 0 Å². The normalized spacial score (nSPS) is 20.6. The Kier molecular flexibility index (Phi) is 5.22. The molecule has 25 heavy (non-hydrogen) atoms. The summed E-state index contributed by atoms with van der Waals surface area (Å²) in [5.74, 6) is -3.84. The Labute approximate surface area is 145 Å². The average Bonchev–Trinajstić information content (AvgIpc) is 2.75. The summed E-state index contributed by atoms with van der Waals surface area (Å²) in [5.41, 5.74) is 0.561. The molecule has 0 aromatic heterocycles. The second kappa shape index (κ2) is 6.87. The van der Waals surface area contributed by atoms with E-state index in [0.717, 1.165) is 0 Å². The van der Waals surface area contributed by atoms with Gasteiger partial charge in [0.15, 0.2) is 9.84 Å². The minimum atomic E-state index is -3.96. The molecule has 1 aliphatic rings. The predicted molar refractivity (Wildman–Crippen MR) is 91.3 cm³/mol. The highest BCUT2D eigenvalue weighted by atomic mass is 32.2. The molecule has 1 aromatic carbocycles. The van der Waals surface area contributed by atoms with Crippen molar-refractivity contribution in [2.75, 3.05) is 5.75 Å². The third-order valence-corrected chi connectivity index (χ3v) is 6.51. The van der Waals surface area contributed by atoms with E-state index in [9.17, 15) is 28.1 Å². The first-order chi connectivity index (χ1) is 11.6. The molecule has 0 bridgehead atoms. The first-order valence-electron chi connectivity index (χ1n) is 7.70. The van der Waals surface area contributed by atoms with Gasteiger partial charge in [-0.25, -0.2) is 8.42 Å². The number of carbonyl (C=O) groups is 2. The Morgan fingerprint density at radius 2 is 1.68 bits per heavy atom. The molecule has 0 unspecified atom stereocenters. The van der Waals surface area contributed by atoms with Crippen LogP contribution in [0.15, 0.2) is 40.8 Å². The van der Waals surface area contributed by atoms with E-state index in [2.05, 4.69) is 0 Å². The molecule has 1 aliphatic heterocycles. The van der Waals surface area contributed by atoms with Crippen LogP contribution in [0.5, 0.6) is 0 Å². The Morgan fingerprint density at radius 3 is 2.08 bits per heavy atom. The lowest BCUT2D eigenvalue weighted by atomic mass is 9.79. The van der Waals surface area contributed by atoms with Gasteiger partial charge in [0.1, 0.15) is 17.3 Å². The fourth-order valence-electron chi connectivity index (χ4n) is 3.40. The fourth-order valence-corrected chi connectivity index (χ4v) is 5.65. The number of hydrogen-bond donors (Lipinski definition) is 0. The summed E-state index contributed by atoms with van der Waals surface area (Å²) >= 11 is 0. The monoisotopic (exact) mass is 365 g/mol. The van der Waals surface area contributed by atoms with Gasteiger partial charge in [-0.05, 0) is 26.3 Å². The third kappa shape index (κ3) is 3.53. The molecule has 1 heterocycles. The van der Waals surface area contributed by atoms with Gasteiger partial charge in [-0.15, -0.1) is 0 Å². The van der Waals surface area contributed by atoms with Crippen molar-refractivity contribution in [1.82, 2.24) is 0 Å². The summed E-state index contributed by atoms with van der Waals surface area (Å²) in [6.45, 7) is 3.84. The maximum absolute atomic E-state index is 12.7. The summed E-state index contributed by atoms with van der Waals surface area (Å²) in [6.07, 6.45) is 0. The van der Waals surface area contributed by atoms with Gasteiger partial charge in [0.2, 0.25) is 6.04 Å². The highest BCUT2D eigenvalue weighted by Gasteiger charge is 2.48. The van der Waals surface area contributed by atoms with Crippen LogP contribution in [-0.2, 0) is 19.4 Å². The molecular weight excluding hydrogens is 346 g/mol. The second-order valence-corrected chi connectivity index (χ2v) is 8.22. The van der Waals surface area contributed by atoms with Crippen molar-refractivity contribution in [3.05, 3.63) is 56.5 Å². The summed E-state index contributed by atoms with van der Waals surface area (Å²) in [4.78, 5) is 34.6. The number of benzene rings is 1. The molecule has 0 radical (unpaired) electrons. The standard InChI is InChI=1S/C17H19NO6S/c1-10-14(18(21)22)9-25(23,24)17(10)16(13-7-5-4-6-8-13)15(11(2)19)12(3)20/h4-8,14-16H,9H2,1-3H3/t14-,16+/m1/s1. The molecule has 0 spiro atoms. The first kappa shape index (κ1) is 19.0. The van der Waals surface area contributed by atoms with Crippen LogP contribution in [0.2, 0.25) is 0 Å². The van der Waals surface area contributed by atoms with Crippen molar-refractivity contribution < 1.29 is 22.9 Å². The molecule has 1 aromatic rings. The number of ketones is 2. The van der Waals surface area contributed by atoms with Crippen LogP contribution in [0.1, 0.15) is 32.3 Å². The maximum Gasteiger partial charge on any atom is 0.249 e. The molecule has 0 aliphatic carbocycles. The number of nitrogens with zero attached hydrogens (tertiary/aromatic N) is 1. The third-order valence-electron chi connectivity index (χ3n) is 4.51. The molecular formula is C17H19NO6S. The largest absolute Gasteiger partial charge is 0.299 e. The van der Waals surface area contributed by atoms with Crippen LogP contribution in [0, 0.1) is 16.0 Å². The number of carbonyl (C=O) groups excluding carboxylic acids is 2. The topological polar surface area (TPSA) is 111 Å². The van der Waals surface area contributed by atoms with Crippen molar-refractivity contribution in [3.8, 4) is 0 Å². The second-order valence-electron chi connectivity index (χ2n) is 6.22. The minimum Gasteiger partial charge on any atom is -0.299 e. The van der Waals surface area contributed by atoms with Gasteiger partial charge in [0, 0.05) is 16.4 Å². The quantitative estimate of drug-likeness (QED) is 0.432. The van der Waals surface area contributed by atoms with Crippen molar-refractivity contribution in [3.63, 3.8) is 0 Å². The van der Waals surface area contributed by atoms with Gasteiger partial charge in [-0.1, -0.05) is 30.3 Å². The number of rotatable bonds is 6. The van der Waals surface area contributed by atoms with Crippen molar-refractivity contribution >= 4 is 21.4 Å². The van der Waals surface area contributed by atoms with E-state index in [0.29, 0.717) is 5.56 Å². The molecule has 0 saturated carbocycles. The van der Waals surface area contributed by atoms with E-state index in [1.54, 1.807) is 30.3 Å². The highest BCUT2D eigenvalue weighted by Crippen LogP contribution is 2.43. The van der Waals surface area contributed by atoms with Gasteiger partial charge >= 0.3 is 0 Å². The summed E-state index contributed by atoms with van der Waals surface area (Å²) in [6, 6.07) is 6.95. The highest BCUT2D eigenvalue weighted by molar-refractivity contribution is 7.95. The van der Waals surface area contributed by atoms with Crippen LogP contribution < -0.4 is 0 Å². The van der Waals surface area contributed by atoms with E-state index in [1.807, 2.05) is 0 Å². The lowest BCUT2D eigenvalue weighted by Gasteiger charge is -2.25. The molecule has 0 N–H and O–H groups in total. The molecule has 0 fully saturated rings. The van der Waals surface area contributed by atoms with Crippen LogP contribution >= 0.6 is 0 Å². The number of allylic oxidation sites excluding steroid dienone is 1. The average molecular weight is 365 g/mol. The van der Waals surface area contributed by atoms with Gasteiger partial charge < -0.3 is 0 Å². The zero-order valence-corrected chi connectivity index (χ0v) is 14.9. The van der Waals surface area contributed by atoms with Crippen molar-refractivity contribution in [1.29, 1.82) is 0 Å². The van der Waals surface area contributed by atoms with Crippen LogP contribution in [0.25, 0.3) is 0 Å². The van der Waals surface area contributed by atoms with Crippen molar-refractivity contribution in [2.24, 2.45) is 5.92 Å². The molecule has 7 nitrogen and oxygen atoms in total. The van der Waals surface area contributed by atoms with E-state index < -0.39 is 50.0 Å². The number of sulfone groups is 1. The van der Waals surface area contributed by atoms with Gasteiger partial charge in [-0.2, -0.15) is 0 Å². The van der Waals surface area contributed by atoms with Gasteiger partial charge in [0.25, 0.3) is 0 Å². The fraction of sp³-hybridized carbons (Fsp3) is 0.412. The molecule has 2 atom stereocenters. The van der Waals surface area contributed by atoms with Crippen LogP contribution in [0.4, 0.5) is 0 Å². The molecule has 8 heteroatoms. The molecule has 134 valence electrons. The predicted octanol–water partition coefficient (Wildman–Crippen LogP) is 1.91. The van der Waals surface area contributed by atoms with Crippen LogP contribution in [0.3, 0.4) is 0 Å². The zero-order valence-electron chi connectivity index (χ0n) is 14.1. The minimum absolute atomic E-state index is 0.0892. The van der Waals surface area contributed by atoms with E-state index in [-0.39, 0.29) is 10.5 Å². The molecule has 0 saturated heterocycles. The van der Waals surface area contributed by atoms with Crippen LogP contribution in [-0.4, -0.2) is 36.7 Å². The molecule has 0 amide bonds. The lowest BCUT2D eigenvalue weighted by Crippen LogP contribution is -2.30. The summed E-state index contributed by atoms with van der Waals surface area (Å²) in [5, 5.41) is 11.2. The Bertz CT molecular complexity index is 842. The van der Waals surface area contributed by atoms with Gasteiger partial charge in [-0.3, -0.25) is 19.7 Å². The number of nitro groups is 1.